The molecule has 0 bridgehead atoms. The Bertz CT molecular complexity index is 1630. The van der Waals surface area contributed by atoms with Gasteiger partial charge in [-0.15, -0.1) is 0 Å². The Labute approximate surface area is 335 Å². The van der Waals surface area contributed by atoms with E-state index in [0.29, 0.717) is 17.7 Å². The third kappa shape index (κ3) is 18.5. The van der Waals surface area contributed by atoms with Crippen molar-refractivity contribution < 1.29 is 51.7 Å². The number of phosphoric ester groups is 1. The molecule has 2 aromatic heterocycles. The molecule has 57 heavy (non-hydrogen) atoms. The van der Waals surface area contributed by atoms with Crippen LogP contribution in [0.2, 0.25) is 0 Å². The van der Waals surface area contributed by atoms with E-state index >= 15 is 0 Å². The lowest BCUT2D eigenvalue weighted by Gasteiger charge is -2.25. The van der Waals surface area contributed by atoms with E-state index in [1.54, 1.807) is 6.07 Å². The average Bonchev–Trinajstić information content (AvgIpc) is 3.65. The summed E-state index contributed by atoms with van der Waals surface area (Å²) in [6.45, 7) is 1.25. The maximum absolute atomic E-state index is 13.3. The van der Waals surface area contributed by atoms with Crippen molar-refractivity contribution in [3.8, 4) is 6.26 Å². The fourth-order valence-corrected chi connectivity index (χ4v) is 7.14. The van der Waals surface area contributed by atoms with Gasteiger partial charge in [0.15, 0.2) is 11.9 Å². The van der Waals surface area contributed by atoms with E-state index in [1.807, 2.05) is 0 Å². The first-order valence-electron chi connectivity index (χ1n) is 20.2. The number of nitrogens with two attached hydrogens (primary N) is 1. The molecule has 0 amide bonds. The number of hydrogen-bond donors (Lipinski definition) is 4. The molecular weight excluding hydrogens is 763 g/mol. The number of anilines is 1. The normalized spacial score (nSPS) is 15.0. The van der Waals surface area contributed by atoms with Crippen molar-refractivity contribution in [3.63, 3.8) is 0 Å². The molecule has 1 unspecified atom stereocenters. The lowest BCUT2D eigenvalue weighted by Crippen LogP contribution is -2.37. The molecule has 5 atom stereocenters. The third-order valence-electron chi connectivity index (χ3n) is 9.68. The maximum Gasteiger partial charge on any atom is 0.472 e. The molecule has 0 fully saturated rings. The predicted molar refractivity (Wildman–Crippen MR) is 211 cm³/mol. The second kappa shape index (κ2) is 27.4. The largest absolute Gasteiger partial charge is 0.472 e. The first-order valence-corrected chi connectivity index (χ1v) is 21.7. The molecule has 0 spiro atoms. The lowest BCUT2D eigenvalue weighted by atomic mass is 10.0. The van der Waals surface area contributed by atoms with Crippen molar-refractivity contribution >= 4 is 19.2 Å². The summed E-state index contributed by atoms with van der Waals surface area (Å²) in [6, 6.07) is 8.68. The Morgan fingerprint density at radius 2 is 1.49 bits per heavy atom. The highest BCUT2D eigenvalue weighted by Gasteiger charge is 2.35. The van der Waals surface area contributed by atoms with Gasteiger partial charge in [-0.25, -0.2) is 22.8 Å². The van der Waals surface area contributed by atoms with Crippen molar-refractivity contribution in [2.45, 2.75) is 147 Å². The number of aliphatic hydroxyl groups is 2. The standard InChI is InChI=1S/C40H62F2N5O9P/c1-2-3-4-5-6-7-8-9-10-11-12-13-14-15-16-17-23-52-26-33(53-25-31-19-18-20-32(24-31)39(41)42)27-55-57(50,51)56-28-36(54-29-43)38(49)37(48)34-21-22-35-40(44)45-30-46-47(34)35/h18-22,24,30,33,36-39,48-49H,2-17,23,25-28H2,1H3,(H,50,51)(H2,44,45,46)/t33-,36-,37+,38-/m1/s1. The van der Waals surface area contributed by atoms with Crippen molar-refractivity contribution in [2.24, 2.45) is 0 Å². The Kier molecular flexibility index (Phi) is 23.2. The molecule has 0 radical (unpaired) electrons. The molecule has 0 saturated carbocycles. The highest BCUT2D eigenvalue weighted by atomic mass is 31.2. The molecule has 0 aliphatic rings. The van der Waals surface area contributed by atoms with E-state index in [0.717, 1.165) is 25.6 Å². The topological polar surface area (TPSA) is 204 Å². The number of unbranched alkanes of at least 4 members (excludes halogenated alkanes) is 15. The van der Waals surface area contributed by atoms with Gasteiger partial charge in [0.25, 0.3) is 12.7 Å². The lowest BCUT2D eigenvalue weighted by molar-refractivity contribution is -0.0821. The number of benzene rings is 1. The SMILES string of the molecule is CCCCCCCCCCCCCCCCCCOC[C@H](COP(=O)(O)OC[C@@H](OC#N)[C@@H](O)[C@@H](O)c1ccc2c(N)ncnn12)OCc1cccc(C(F)F)c1. The van der Waals surface area contributed by atoms with Crippen LogP contribution < -0.4 is 5.73 Å². The Hall–Kier alpha value is -3.26. The summed E-state index contributed by atoms with van der Waals surface area (Å²) in [7, 11) is -4.85. The molecule has 320 valence electrons. The molecule has 14 nitrogen and oxygen atoms in total. The van der Waals surface area contributed by atoms with Gasteiger partial charge in [-0.3, -0.25) is 9.05 Å². The van der Waals surface area contributed by atoms with Crippen molar-refractivity contribution in [1.29, 1.82) is 5.26 Å². The van der Waals surface area contributed by atoms with Gasteiger partial charge >= 0.3 is 7.82 Å². The second-order valence-electron chi connectivity index (χ2n) is 14.3. The van der Waals surface area contributed by atoms with Crippen LogP contribution in [0, 0.1) is 11.5 Å². The smallest absolute Gasteiger partial charge is 0.419 e. The summed E-state index contributed by atoms with van der Waals surface area (Å²) in [5.74, 6) is 0.124. The number of nitriles is 1. The number of hydrogen-bond acceptors (Lipinski definition) is 12. The first-order chi connectivity index (χ1) is 27.6. The molecule has 5 N–H and O–H groups in total. The number of rotatable bonds is 33. The molecule has 0 aliphatic heterocycles. The van der Waals surface area contributed by atoms with E-state index in [2.05, 4.69) is 17.0 Å². The van der Waals surface area contributed by atoms with Crippen molar-refractivity contribution in [3.05, 3.63) is 59.5 Å². The van der Waals surface area contributed by atoms with Crippen LogP contribution >= 0.6 is 7.82 Å². The molecule has 17 heteroatoms. The second-order valence-corrected chi connectivity index (χ2v) is 15.8. The van der Waals surface area contributed by atoms with E-state index in [9.17, 15) is 28.5 Å². The average molecular weight is 826 g/mol. The molecular formula is C40H62F2N5O9P. The maximum atomic E-state index is 13.3. The van der Waals surface area contributed by atoms with Crippen molar-refractivity contribution in [2.75, 3.05) is 32.2 Å². The summed E-state index contributed by atoms with van der Waals surface area (Å²) in [5.41, 5.74) is 6.57. The van der Waals surface area contributed by atoms with Gasteiger partial charge in [0.05, 0.1) is 32.1 Å². The summed E-state index contributed by atoms with van der Waals surface area (Å²) < 4.78 is 67.4. The van der Waals surface area contributed by atoms with Crippen molar-refractivity contribution in [1.82, 2.24) is 14.6 Å². The van der Waals surface area contributed by atoms with E-state index in [4.69, 9.17) is 34.3 Å². The van der Waals surface area contributed by atoms with Gasteiger partial charge in [0, 0.05) is 12.2 Å². The number of aliphatic hydroxyl groups excluding tert-OH is 2. The molecule has 2 heterocycles. The van der Waals surface area contributed by atoms with Crippen LogP contribution in [0.3, 0.4) is 0 Å². The van der Waals surface area contributed by atoms with Crippen LogP contribution in [-0.4, -0.2) is 74.4 Å². The minimum Gasteiger partial charge on any atom is -0.419 e. The zero-order valence-electron chi connectivity index (χ0n) is 33.1. The number of ether oxygens (including phenoxy) is 3. The monoisotopic (exact) mass is 825 g/mol. The predicted octanol–water partition coefficient (Wildman–Crippen LogP) is 8.51. The zero-order chi connectivity index (χ0) is 41.3. The highest BCUT2D eigenvalue weighted by molar-refractivity contribution is 7.47. The Morgan fingerprint density at radius 1 is 0.877 bits per heavy atom. The van der Waals surface area contributed by atoms with E-state index < -0.39 is 51.9 Å². The van der Waals surface area contributed by atoms with Crippen LogP contribution in [0.1, 0.15) is 139 Å². The minimum absolute atomic E-state index is 0.0162. The van der Waals surface area contributed by atoms with Gasteiger partial charge in [0.2, 0.25) is 0 Å². The highest BCUT2D eigenvalue weighted by Crippen LogP contribution is 2.44. The van der Waals surface area contributed by atoms with Gasteiger partial charge in [-0.1, -0.05) is 121 Å². The Balaban J connectivity index is 1.42. The van der Waals surface area contributed by atoms with E-state index in [1.165, 1.54) is 125 Å². The quantitative estimate of drug-likeness (QED) is 0.0259. The zero-order valence-corrected chi connectivity index (χ0v) is 34.0. The summed E-state index contributed by atoms with van der Waals surface area (Å²) >= 11 is 0. The van der Waals surface area contributed by atoms with Crippen LogP contribution in [0.5, 0.6) is 0 Å². The minimum atomic E-state index is -4.85. The fourth-order valence-electron chi connectivity index (χ4n) is 6.37. The number of halogens is 2. The number of alkyl halides is 2. The van der Waals surface area contributed by atoms with Crippen LogP contribution in [0.4, 0.5) is 14.6 Å². The summed E-state index contributed by atoms with van der Waals surface area (Å²) in [4.78, 5) is 14.3. The third-order valence-corrected chi connectivity index (χ3v) is 10.6. The first kappa shape index (κ1) is 48.1. The van der Waals surface area contributed by atoms with Crippen LogP contribution in [0.15, 0.2) is 42.7 Å². The van der Waals surface area contributed by atoms with Gasteiger partial charge in [-0.05, 0) is 30.2 Å². The van der Waals surface area contributed by atoms with Crippen LogP contribution in [0.25, 0.3) is 5.52 Å². The molecule has 1 aromatic carbocycles. The number of nitrogens with zero attached hydrogens (tertiary/aromatic N) is 4. The molecule has 0 saturated heterocycles. The van der Waals surface area contributed by atoms with Crippen LogP contribution in [-0.2, 0) is 34.4 Å². The number of nitrogen functional groups attached to an aromatic ring is 1. The number of phosphoric acid groups is 1. The number of fused-ring (bicyclic) bond motifs is 1. The summed E-state index contributed by atoms with van der Waals surface area (Å²) in [6.07, 6.45) is 13.9. The molecule has 3 aromatic rings. The fraction of sp³-hybridized carbons (Fsp3) is 0.675. The van der Waals surface area contributed by atoms with Gasteiger partial charge in [-0.2, -0.15) is 10.4 Å². The Morgan fingerprint density at radius 3 is 2.11 bits per heavy atom. The molecule has 3 rings (SSSR count). The van der Waals surface area contributed by atoms with E-state index in [-0.39, 0.29) is 30.3 Å². The van der Waals surface area contributed by atoms with Gasteiger partial charge in [0.1, 0.15) is 30.2 Å². The molecule has 0 aliphatic carbocycles. The van der Waals surface area contributed by atoms with Gasteiger partial charge < -0.3 is 35.1 Å². The summed E-state index contributed by atoms with van der Waals surface area (Å²) in [5, 5.41) is 34.9. The number of aromatic nitrogens is 3.